The molecule has 104 valence electrons. The Hall–Kier alpha value is -2.02. The quantitative estimate of drug-likeness (QED) is 0.616. The number of nitro groups is 1. The second kappa shape index (κ2) is 5.96. The van der Waals surface area contributed by atoms with Crippen LogP contribution < -0.4 is 4.74 Å². The van der Waals surface area contributed by atoms with E-state index >= 15 is 0 Å². The minimum absolute atomic E-state index is 0.0408. The SMILES string of the molecule is CCc1ccc(Oc2ncc(Br)cc2F)c([N+](=O)[O-])c1. The van der Waals surface area contributed by atoms with Crippen LogP contribution in [0.5, 0.6) is 11.6 Å². The number of aromatic nitrogens is 1. The third-order valence-corrected chi connectivity index (χ3v) is 3.04. The van der Waals surface area contributed by atoms with Gasteiger partial charge in [0.1, 0.15) is 0 Å². The van der Waals surface area contributed by atoms with Crippen LogP contribution in [0.3, 0.4) is 0 Å². The number of nitrogens with zero attached hydrogens (tertiary/aromatic N) is 2. The maximum atomic E-state index is 13.6. The maximum absolute atomic E-state index is 13.6. The Kier molecular flexibility index (Phi) is 4.29. The molecule has 0 saturated heterocycles. The average Bonchev–Trinajstić information content (AvgIpc) is 2.42. The Morgan fingerprint density at radius 2 is 2.20 bits per heavy atom. The van der Waals surface area contributed by atoms with E-state index in [-0.39, 0.29) is 17.3 Å². The van der Waals surface area contributed by atoms with E-state index in [1.807, 2.05) is 6.92 Å². The van der Waals surface area contributed by atoms with E-state index in [0.29, 0.717) is 10.9 Å². The Morgan fingerprint density at radius 3 is 2.80 bits per heavy atom. The first-order chi connectivity index (χ1) is 9.51. The van der Waals surface area contributed by atoms with E-state index in [1.165, 1.54) is 24.4 Å². The van der Waals surface area contributed by atoms with Crippen LogP contribution in [0.4, 0.5) is 10.1 Å². The van der Waals surface area contributed by atoms with Crippen LogP contribution >= 0.6 is 15.9 Å². The van der Waals surface area contributed by atoms with Crippen molar-refractivity contribution in [1.29, 1.82) is 0 Å². The monoisotopic (exact) mass is 340 g/mol. The molecule has 5 nitrogen and oxygen atoms in total. The van der Waals surface area contributed by atoms with Gasteiger partial charge in [0.05, 0.1) is 4.92 Å². The van der Waals surface area contributed by atoms with Gasteiger partial charge in [-0.2, -0.15) is 0 Å². The van der Waals surface area contributed by atoms with Gasteiger partial charge in [-0.05, 0) is 40.0 Å². The first kappa shape index (κ1) is 14.4. The van der Waals surface area contributed by atoms with Gasteiger partial charge in [0.25, 0.3) is 5.88 Å². The van der Waals surface area contributed by atoms with Gasteiger partial charge in [-0.1, -0.05) is 13.0 Å². The number of hydrogen-bond acceptors (Lipinski definition) is 4. The molecule has 0 aliphatic rings. The van der Waals surface area contributed by atoms with Crippen molar-refractivity contribution in [3.05, 3.63) is 56.4 Å². The van der Waals surface area contributed by atoms with E-state index in [1.54, 1.807) is 6.07 Å². The van der Waals surface area contributed by atoms with Gasteiger partial charge in [-0.15, -0.1) is 0 Å². The lowest BCUT2D eigenvalue weighted by Crippen LogP contribution is -1.97. The molecule has 0 bridgehead atoms. The maximum Gasteiger partial charge on any atom is 0.311 e. The molecule has 0 unspecified atom stereocenters. The summed E-state index contributed by atoms with van der Waals surface area (Å²) in [5.41, 5.74) is 0.585. The van der Waals surface area contributed by atoms with Crippen LogP contribution in [0, 0.1) is 15.9 Å². The largest absolute Gasteiger partial charge is 0.429 e. The Bertz CT molecular complexity index is 664. The summed E-state index contributed by atoms with van der Waals surface area (Å²) in [5.74, 6) is -1.05. The van der Waals surface area contributed by atoms with Crippen molar-refractivity contribution in [2.75, 3.05) is 0 Å². The van der Waals surface area contributed by atoms with E-state index in [2.05, 4.69) is 20.9 Å². The lowest BCUT2D eigenvalue weighted by molar-refractivity contribution is -0.385. The van der Waals surface area contributed by atoms with Crippen LogP contribution in [0.15, 0.2) is 34.9 Å². The standard InChI is InChI=1S/C13H10BrFN2O3/c1-2-8-3-4-12(11(5-8)17(18)19)20-13-10(15)6-9(14)7-16-13/h3-7H,2H2,1H3. The number of nitro benzene ring substituents is 1. The molecule has 2 aromatic rings. The number of benzene rings is 1. The zero-order chi connectivity index (χ0) is 14.7. The lowest BCUT2D eigenvalue weighted by Gasteiger charge is -2.07. The van der Waals surface area contributed by atoms with Crippen LogP contribution in [-0.2, 0) is 6.42 Å². The summed E-state index contributed by atoms with van der Waals surface area (Å²) in [7, 11) is 0. The molecule has 1 aromatic carbocycles. The fraction of sp³-hybridized carbons (Fsp3) is 0.154. The molecule has 0 atom stereocenters. The number of aryl methyl sites for hydroxylation is 1. The van der Waals surface area contributed by atoms with E-state index in [9.17, 15) is 14.5 Å². The normalized spacial score (nSPS) is 10.3. The molecule has 20 heavy (non-hydrogen) atoms. The topological polar surface area (TPSA) is 65.3 Å². The first-order valence-electron chi connectivity index (χ1n) is 5.77. The second-order valence-corrected chi connectivity index (χ2v) is 4.87. The van der Waals surface area contributed by atoms with E-state index < -0.39 is 10.7 Å². The Labute approximate surface area is 122 Å². The summed E-state index contributed by atoms with van der Waals surface area (Å²) in [6.07, 6.45) is 2.01. The molecule has 0 radical (unpaired) electrons. The van der Waals surface area contributed by atoms with Crippen molar-refractivity contribution in [3.8, 4) is 11.6 Å². The second-order valence-electron chi connectivity index (χ2n) is 3.96. The van der Waals surface area contributed by atoms with Crippen molar-refractivity contribution in [1.82, 2.24) is 4.98 Å². The molecule has 7 heteroatoms. The summed E-state index contributed by atoms with van der Waals surface area (Å²) in [5, 5.41) is 11.0. The Morgan fingerprint density at radius 1 is 1.45 bits per heavy atom. The predicted octanol–water partition coefficient (Wildman–Crippen LogP) is 4.25. The minimum Gasteiger partial charge on any atom is -0.429 e. The molecule has 0 fully saturated rings. The molecule has 0 saturated carbocycles. The molecule has 0 aliphatic heterocycles. The highest BCUT2D eigenvalue weighted by Gasteiger charge is 2.18. The lowest BCUT2D eigenvalue weighted by atomic mass is 10.1. The summed E-state index contributed by atoms with van der Waals surface area (Å²) >= 11 is 3.07. The van der Waals surface area contributed by atoms with E-state index in [4.69, 9.17) is 4.74 Å². The summed E-state index contributed by atoms with van der Waals surface area (Å²) in [6.45, 7) is 1.88. The fourth-order valence-corrected chi connectivity index (χ4v) is 1.90. The number of pyridine rings is 1. The molecule has 2 rings (SSSR count). The molecule has 0 aliphatic carbocycles. The van der Waals surface area contributed by atoms with Gasteiger partial charge in [0.15, 0.2) is 5.82 Å². The highest BCUT2D eigenvalue weighted by molar-refractivity contribution is 9.10. The van der Waals surface area contributed by atoms with Gasteiger partial charge in [-0.25, -0.2) is 9.37 Å². The van der Waals surface area contributed by atoms with Crippen molar-refractivity contribution >= 4 is 21.6 Å². The zero-order valence-corrected chi connectivity index (χ0v) is 12.1. The summed E-state index contributed by atoms with van der Waals surface area (Å²) in [4.78, 5) is 14.2. The number of hydrogen-bond donors (Lipinski definition) is 0. The third-order valence-electron chi connectivity index (χ3n) is 2.61. The third kappa shape index (κ3) is 3.11. The van der Waals surface area contributed by atoms with E-state index in [0.717, 1.165) is 5.56 Å². The van der Waals surface area contributed by atoms with Crippen LogP contribution in [0.25, 0.3) is 0 Å². The van der Waals surface area contributed by atoms with Crippen LogP contribution in [0.1, 0.15) is 12.5 Å². The predicted molar refractivity (Wildman–Crippen MR) is 74.4 cm³/mol. The highest BCUT2D eigenvalue weighted by atomic mass is 79.9. The smallest absolute Gasteiger partial charge is 0.311 e. The number of halogens is 2. The minimum atomic E-state index is -0.701. The molecule has 1 heterocycles. The Balaban J connectivity index is 2.40. The summed E-state index contributed by atoms with van der Waals surface area (Å²) < 4.78 is 19.3. The zero-order valence-electron chi connectivity index (χ0n) is 10.5. The molecule has 1 aromatic heterocycles. The van der Waals surface area contributed by atoms with Crippen LogP contribution in [-0.4, -0.2) is 9.91 Å². The molecular weight excluding hydrogens is 331 g/mol. The summed E-state index contributed by atoms with van der Waals surface area (Å²) in [6, 6.07) is 5.72. The average molecular weight is 341 g/mol. The van der Waals surface area contributed by atoms with Crippen molar-refractivity contribution in [2.24, 2.45) is 0 Å². The van der Waals surface area contributed by atoms with Crippen molar-refractivity contribution in [2.45, 2.75) is 13.3 Å². The van der Waals surface area contributed by atoms with Crippen molar-refractivity contribution in [3.63, 3.8) is 0 Å². The van der Waals surface area contributed by atoms with Gasteiger partial charge >= 0.3 is 5.69 Å². The van der Waals surface area contributed by atoms with Crippen molar-refractivity contribution < 1.29 is 14.1 Å². The highest BCUT2D eigenvalue weighted by Crippen LogP contribution is 2.32. The molecule has 0 spiro atoms. The van der Waals surface area contributed by atoms with Crippen LogP contribution in [0.2, 0.25) is 0 Å². The molecule has 0 N–H and O–H groups in total. The van der Waals surface area contributed by atoms with Gasteiger partial charge in [-0.3, -0.25) is 10.1 Å². The number of ether oxygens (including phenoxy) is 1. The van der Waals surface area contributed by atoms with Gasteiger partial charge in [0.2, 0.25) is 5.75 Å². The fourth-order valence-electron chi connectivity index (χ4n) is 1.59. The van der Waals surface area contributed by atoms with Gasteiger partial charge in [0, 0.05) is 16.7 Å². The molecule has 0 amide bonds. The number of rotatable bonds is 4. The molecular formula is C13H10BrFN2O3. The first-order valence-corrected chi connectivity index (χ1v) is 6.56. The van der Waals surface area contributed by atoms with Gasteiger partial charge < -0.3 is 4.74 Å².